The number of benzene rings is 2. The van der Waals surface area contributed by atoms with Crippen molar-refractivity contribution in [2.75, 3.05) is 32.2 Å². The maximum atomic E-state index is 13.7. The molecule has 6 heteroatoms. The fraction of sp³-hybridized carbons (Fsp3) is 0.462. The highest BCUT2D eigenvalue weighted by atomic mass is 16.5. The first-order valence-electron chi connectivity index (χ1n) is 11.3. The summed E-state index contributed by atoms with van der Waals surface area (Å²) in [6.07, 6.45) is 1.34. The van der Waals surface area contributed by atoms with E-state index in [9.17, 15) is 9.59 Å². The van der Waals surface area contributed by atoms with Gasteiger partial charge >= 0.3 is 0 Å². The minimum atomic E-state index is -0.421. The number of carbonyl (C=O) groups excluding carboxylic acids is 2. The summed E-state index contributed by atoms with van der Waals surface area (Å²) < 4.78 is 10.6. The topological polar surface area (TPSA) is 59.1 Å². The van der Waals surface area contributed by atoms with Gasteiger partial charge in [0.1, 0.15) is 11.5 Å². The van der Waals surface area contributed by atoms with E-state index in [-0.39, 0.29) is 24.3 Å². The van der Waals surface area contributed by atoms with Gasteiger partial charge in [-0.05, 0) is 60.2 Å². The van der Waals surface area contributed by atoms with Crippen molar-refractivity contribution in [1.29, 1.82) is 0 Å². The lowest BCUT2D eigenvalue weighted by molar-refractivity contribution is -0.139. The van der Waals surface area contributed by atoms with E-state index in [2.05, 4.69) is 13.8 Å². The Morgan fingerprint density at radius 2 is 1.41 bits per heavy atom. The Morgan fingerprint density at radius 3 is 1.94 bits per heavy atom. The fourth-order valence-electron chi connectivity index (χ4n) is 5.26. The maximum Gasteiger partial charge on any atom is 0.228 e. The van der Waals surface area contributed by atoms with Gasteiger partial charge in [0.05, 0.1) is 26.2 Å². The van der Waals surface area contributed by atoms with Crippen LogP contribution in [-0.2, 0) is 9.59 Å². The molecule has 0 aliphatic carbocycles. The number of amides is 2. The largest absolute Gasteiger partial charge is 0.497 e. The van der Waals surface area contributed by atoms with Crippen LogP contribution in [0.15, 0.2) is 48.5 Å². The van der Waals surface area contributed by atoms with Gasteiger partial charge in [-0.25, -0.2) is 0 Å². The highest BCUT2D eigenvalue weighted by molar-refractivity contribution is 6.01. The van der Waals surface area contributed by atoms with Gasteiger partial charge in [0.25, 0.3) is 0 Å². The summed E-state index contributed by atoms with van der Waals surface area (Å²) in [7, 11) is 3.24. The number of methoxy groups -OCH3 is 2. The minimum absolute atomic E-state index is 0.0348. The third-order valence-corrected chi connectivity index (χ3v) is 6.63. The highest BCUT2D eigenvalue weighted by Crippen LogP contribution is 2.43. The number of carbonyl (C=O) groups is 2. The number of likely N-dealkylation sites (tertiary alicyclic amines) is 1. The number of hydrogen-bond acceptors (Lipinski definition) is 4. The van der Waals surface area contributed by atoms with Crippen LogP contribution in [0.25, 0.3) is 0 Å². The second kappa shape index (κ2) is 9.23. The summed E-state index contributed by atoms with van der Waals surface area (Å²) in [6, 6.07) is 14.8. The molecule has 2 saturated heterocycles. The molecular weight excluding hydrogens is 404 g/mol. The van der Waals surface area contributed by atoms with Crippen LogP contribution in [0, 0.1) is 17.8 Å². The van der Waals surface area contributed by atoms with Crippen molar-refractivity contribution in [2.45, 2.75) is 32.7 Å². The molecular formula is C26H32N2O4. The van der Waals surface area contributed by atoms with E-state index in [1.807, 2.05) is 53.4 Å². The third kappa shape index (κ3) is 4.31. The average Bonchev–Trinajstić information content (AvgIpc) is 3.15. The average molecular weight is 437 g/mol. The number of rotatable bonds is 5. The van der Waals surface area contributed by atoms with Crippen molar-refractivity contribution in [1.82, 2.24) is 4.90 Å². The third-order valence-electron chi connectivity index (χ3n) is 6.63. The molecule has 0 saturated carbocycles. The van der Waals surface area contributed by atoms with Crippen molar-refractivity contribution >= 4 is 17.5 Å². The first-order valence-corrected chi connectivity index (χ1v) is 11.3. The van der Waals surface area contributed by atoms with Crippen molar-refractivity contribution in [3.63, 3.8) is 0 Å². The SMILES string of the molecule is COc1ccc(C2C(C(=O)N3CC(C)CC(C)C3)CC(=O)N2c2ccc(OC)cc2)cc1. The van der Waals surface area contributed by atoms with E-state index < -0.39 is 5.92 Å². The fourth-order valence-corrected chi connectivity index (χ4v) is 5.26. The lowest BCUT2D eigenvalue weighted by Gasteiger charge is -2.38. The molecule has 170 valence electrons. The molecule has 2 aromatic carbocycles. The molecule has 32 heavy (non-hydrogen) atoms. The number of ether oxygens (including phenoxy) is 2. The van der Waals surface area contributed by atoms with Crippen molar-refractivity contribution in [3.05, 3.63) is 54.1 Å². The first-order chi connectivity index (χ1) is 15.4. The molecule has 2 amide bonds. The predicted octanol–water partition coefficient (Wildman–Crippen LogP) is 4.30. The molecule has 0 aromatic heterocycles. The Morgan fingerprint density at radius 1 is 0.875 bits per heavy atom. The van der Waals surface area contributed by atoms with Gasteiger partial charge in [-0.3, -0.25) is 9.59 Å². The van der Waals surface area contributed by atoms with Gasteiger partial charge in [-0.1, -0.05) is 26.0 Å². The molecule has 4 unspecified atom stereocenters. The van der Waals surface area contributed by atoms with Gasteiger partial charge in [0, 0.05) is 25.2 Å². The Labute approximate surface area is 190 Å². The van der Waals surface area contributed by atoms with Crippen LogP contribution >= 0.6 is 0 Å². The quantitative estimate of drug-likeness (QED) is 0.701. The van der Waals surface area contributed by atoms with Crippen LogP contribution in [-0.4, -0.2) is 44.0 Å². The molecule has 2 heterocycles. The van der Waals surface area contributed by atoms with Crippen LogP contribution in [0.3, 0.4) is 0 Å². The number of hydrogen-bond donors (Lipinski definition) is 0. The summed E-state index contributed by atoms with van der Waals surface area (Å²) in [4.78, 5) is 30.7. The van der Waals surface area contributed by atoms with E-state index in [0.717, 1.165) is 42.3 Å². The van der Waals surface area contributed by atoms with Crippen molar-refractivity contribution in [2.24, 2.45) is 17.8 Å². The standard InChI is InChI=1S/C26H32N2O4/c1-17-13-18(2)16-27(15-17)26(30)23-14-24(29)28(20-7-11-22(32-4)12-8-20)25(23)19-5-9-21(31-3)10-6-19/h5-12,17-18,23,25H,13-16H2,1-4H3. The maximum absolute atomic E-state index is 13.7. The second-order valence-corrected chi connectivity index (χ2v) is 9.18. The Kier molecular flexibility index (Phi) is 6.40. The first kappa shape index (κ1) is 22.2. The van der Waals surface area contributed by atoms with Crippen LogP contribution < -0.4 is 14.4 Å². The van der Waals surface area contributed by atoms with Gasteiger partial charge in [-0.15, -0.1) is 0 Å². The summed E-state index contributed by atoms with van der Waals surface area (Å²) in [5.74, 6) is 2.03. The number of nitrogens with zero attached hydrogens (tertiary/aromatic N) is 2. The molecule has 4 atom stereocenters. The molecule has 0 N–H and O–H groups in total. The zero-order chi connectivity index (χ0) is 22.8. The van der Waals surface area contributed by atoms with Gasteiger partial charge in [-0.2, -0.15) is 0 Å². The summed E-state index contributed by atoms with van der Waals surface area (Å²) in [5.41, 5.74) is 1.70. The molecule has 0 bridgehead atoms. The normalized spacial score (nSPS) is 25.7. The molecule has 6 nitrogen and oxygen atoms in total. The van der Waals surface area contributed by atoms with Crippen LogP contribution in [0.1, 0.15) is 38.3 Å². The number of anilines is 1. The summed E-state index contributed by atoms with van der Waals surface area (Å²) >= 11 is 0. The van der Waals surface area contributed by atoms with Gasteiger partial charge in [0.15, 0.2) is 0 Å². The Bertz CT molecular complexity index is 947. The van der Waals surface area contributed by atoms with Gasteiger partial charge in [0.2, 0.25) is 11.8 Å². The van der Waals surface area contributed by atoms with Crippen LogP contribution in [0.2, 0.25) is 0 Å². The van der Waals surface area contributed by atoms with Crippen molar-refractivity contribution < 1.29 is 19.1 Å². The van der Waals surface area contributed by atoms with E-state index in [1.54, 1.807) is 19.1 Å². The van der Waals surface area contributed by atoms with Crippen molar-refractivity contribution in [3.8, 4) is 11.5 Å². The zero-order valence-electron chi connectivity index (χ0n) is 19.3. The Hall–Kier alpha value is -3.02. The molecule has 0 spiro atoms. The van der Waals surface area contributed by atoms with E-state index in [0.29, 0.717) is 11.8 Å². The highest BCUT2D eigenvalue weighted by Gasteiger charge is 2.47. The molecule has 2 fully saturated rings. The Balaban J connectivity index is 1.71. The summed E-state index contributed by atoms with van der Waals surface area (Å²) in [6.45, 7) is 5.90. The molecule has 2 aliphatic rings. The van der Waals surface area contributed by atoms with E-state index in [1.165, 1.54) is 0 Å². The monoisotopic (exact) mass is 436 g/mol. The second-order valence-electron chi connectivity index (χ2n) is 9.18. The van der Waals surface area contributed by atoms with E-state index in [4.69, 9.17) is 9.47 Å². The lowest BCUT2D eigenvalue weighted by Crippen LogP contribution is -2.46. The molecule has 2 aliphatic heterocycles. The zero-order valence-corrected chi connectivity index (χ0v) is 19.3. The lowest BCUT2D eigenvalue weighted by atomic mass is 9.88. The smallest absolute Gasteiger partial charge is 0.228 e. The molecule has 2 aromatic rings. The summed E-state index contributed by atoms with van der Waals surface area (Å²) in [5, 5.41) is 0. The predicted molar refractivity (Wildman–Crippen MR) is 124 cm³/mol. The minimum Gasteiger partial charge on any atom is -0.497 e. The number of piperidine rings is 1. The van der Waals surface area contributed by atoms with Crippen LogP contribution in [0.5, 0.6) is 11.5 Å². The van der Waals surface area contributed by atoms with E-state index >= 15 is 0 Å². The van der Waals surface area contributed by atoms with Gasteiger partial charge < -0.3 is 19.3 Å². The van der Waals surface area contributed by atoms with Crippen LogP contribution in [0.4, 0.5) is 5.69 Å². The molecule has 4 rings (SSSR count). The molecule has 0 radical (unpaired) electrons.